The second-order valence-electron chi connectivity index (χ2n) is 2.52. The Labute approximate surface area is 50.1 Å². The van der Waals surface area contributed by atoms with Gasteiger partial charge in [-0.1, -0.05) is 0 Å². The lowest BCUT2D eigenvalue weighted by atomic mass is 10.2. The van der Waals surface area contributed by atoms with Crippen LogP contribution in [0.5, 0.6) is 0 Å². The van der Waals surface area contributed by atoms with Crippen molar-refractivity contribution in [2.75, 3.05) is 32.7 Å². The molecule has 0 aromatic rings. The summed E-state index contributed by atoms with van der Waals surface area (Å²) in [6.45, 7) is 8.60. The topological polar surface area (TPSA) is 6.48 Å². The zero-order valence-electron chi connectivity index (χ0n) is 5.01. The molecule has 0 saturated carbocycles. The van der Waals surface area contributed by atoms with Crippen LogP contribution in [0, 0.1) is 6.54 Å². The van der Waals surface area contributed by atoms with Crippen molar-refractivity contribution in [3.63, 3.8) is 0 Å². The SMILES string of the molecule is [CH]1CN2CCN1CC2. The highest BCUT2D eigenvalue weighted by Crippen LogP contribution is 2.10. The van der Waals surface area contributed by atoms with Crippen molar-refractivity contribution in [3.05, 3.63) is 6.54 Å². The molecule has 2 bridgehead atoms. The number of rotatable bonds is 0. The predicted molar refractivity (Wildman–Crippen MR) is 32.3 cm³/mol. The molecule has 2 heteroatoms. The van der Waals surface area contributed by atoms with Crippen molar-refractivity contribution in [2.45, 2.75) is 0 Å². The van der Waals surface area contributed by atoms with Gasteiger partial charge in [0.1, 0.15) is 0 Å². The molecule has 0 atom stereocenters. The predicted octanol–water partition coefficient (Wildman–Crippen LogP) is -0.221. The highest BCUT2D eigenvalue weighted by Gasteiger charge is 2.22. The van der Waals surface area contributed by atoms with E-state index in [2.05, 4.69) is 16.3 Å². The summed E-state index contributed by atoms with van der Waals surface area (Å²) in [5, 5.41) is 0. The molecule has 0 amide bonds. The van der Waals surface area contributed by atoms with Gasteiger partial charge in [0, 0.05) is 39.3 Å². The molecule has 3 aliphatic rings. The first-order valence-corrected chi connectivity index (χ1v) is 3.25. The van der Waals surface area contributed by atoms with E-state index in [0.717, 1.165) is 0 Å². The second kappa shape index (κ2) is 1.71. The maximum atomic E-state index is 2.49. The summed E-state index contributed by atoms with van der Waals surface area (Å²) in [6.07, 6.45) is 0. The van der Waals surface area contributed by atoms with Gasteiger partial charge in [0.2, 0.25) is 0 Å². The molecule has 0 aromatic carbocycles. The molecule has 2 nitrogen and oxygen atoms in total. The second-order valence-corrected chi connectivity index (χ2v) is 2.52. The molecule has 0 N–H and O–H groups in total. The monoisotopic (exact) mass is 111 g/mol. The van der Waals surface area contributed by atoms with Crippen LogP contribution in [0.1, 0.15) is 0 Å². The summed E-state index contributed by atoms with van der Waals surface area (Å²) >= 11 is 0. The molecule has 3 rings (SSSR count). The average Bonchev–Trinajstić information content (AvgIpc) is 1.92. The Bertz CT molecular complexity index is 61.5. The Morgan fingerprint density at radius 2 is 1.75 bits per heavy atom. The van der Waals surface area contributed by atoms with Crippen molar-refractivity contribution >= 4 is 0 Å². The van der Waals surface area contributed by atoms with E-state index in [-0.39, 0.29) is 0 Å². The van der Waals surface area contributed by atoms with Gasteiger partial charge in [-0.3, -0.25) is 9.80 Å². The van der Waals surface area contributed by atoms with Gasteiger partial charge in [0.05, 0.1) is 0 Å². The van der Waals surface area contributed by atoms with Crippen LogP contribution in [-0.2, 0) is 0 Å². The van der Waals surface area contributed by atoms with Crippen LogP contribution in [0.3, 0.4) is 0 Å². The van der Waals surface area contributed by atoms with E-state index in [1.807, 2.05) is 0 Å². The first kappa shape index (κ1) is 4.77. The van der Waals surface area contributed by atoms with Crippen LogP contribution >= 0.6 is 0 Å². The van der Waals surface area contributed by atoms with E-state index >= 15 is 0 Å². The normalized spacial score (nSPS) is 45.0. The highest BCUT2D eigenvalue weighted by molar-refractivity contribution is 4.86. The Balaban J connectivity index is 2.03. The lowest BCUT2D eigenvalue weighted by Gasteiger charge is -2.40. The molecule has 0 spiro atoms. The van der Waals surface area contributed by atoms with E-state index in [1.165, 1.54) is 32.7 Å². The van der Waals surface area contributed by atoms with Gasteiger partial charge in [-0.05, 0) is 0 Å². The van der Waals surface area contributed by atoms with Gasteiger partial charge < -0.3 is 0 Å². The quantitative estimate of drug-likeness (QED) is 0.426. The molecule has 8 heavy (non-hydrogen) atoms. The smallest absolute Gasteiger partial charge is 0.0392 e. The molecule has 3 fully saturated rings. The van der Waals surface area contributed by atoms with Crippen LogP contribution in [-0.4, -0.2) is 42.5 Å². The summed E-state index contributed by atoms with van der Waals surface area (Å²) in [5.41, 5.74) is 0. The van der Waals surface area contributed by atoms with E-state index in [4.69, 9.17) is 0 Å². The summed E-state index contributed by atoms with van der Waals surface area (Å²) < 4.78 is 0. The Morgan fingerprint density at radius 3 is 1.88 bits per heavy atom. The Kier molecular flexibility index (Phi) is 1.02. The largest absolute Gasteiger partial charge is 0.299 e. The van der Waals surface area contributed by atoms with Gasteiger partial charge in [-0.2, -0.15) is 0 Å². The van der Waals surface area contributed by atoms with Crippen molar-refractivity contribution < 1.29 is 0 Å². The number of piperazine rings is 3. The van der Waals surface area contributed by atoms with Crippen LogP contribution in [0.2, 0.25) is 0 Å². The third-order valence-corrected chi connectivity index (χ3v) is 2.00. The zero-order valence-corrected chi connectivity index (χ0v) is 5.01. The minimum Gasteiger partial charge on any atom is -0.299 e. The third kappa shape index (κ3) is 0.644. The van der Waals surface area contributed by atoms with Gasteiger partial charge in [0.15, 0.2) is 0 Å². The fraction of sp³-hybridized carbons (Fsp3) is 0.833. The van der Waals surface area contributed by atoms with Crippen molar-refractivity contribution in [3.8, 4) is 0 Å². The summed E-state index contributed by atoms with van der Waals surface area (Å²) in [5.74, 6) is 0. The summed E-state index contributed by atoms with van der Waals surface area (Å²) in [7, 11) is 0. The van der Waals surface area contributed by atoms with E-state index in [1.54, 1.807) is 0 Å². The van der Waals surface area contributed by atoms with Crippen molar-refractivity contribution in [2.24, 2.45) is 0 Å². The van der Waals surface area contributed by atoms with E-state index in [0.29, 0.717) is 0 Å². The molecule has 0 aromatic heterocycles. The van der Waals surface area contributed by atoms with E-state index < -0.39 is 0 Å². The molecule has 0 unspecified atom stereocenters. The molecule has 3 saturated heterocycles. The van der Waals surface area contributed by atoms with Crippen LogP contribution in [0.25, 0.3) is 0 Å². The number of hydrogen-bond donors (Lipinski definition) is 0. The van der Waals surface area contributed by atoms with Gasteiger partial charge in [0.25, 0.3) is 0 Å². The fourth-order valence-electron chi connectivity index (χ4n) is 1.36. The molecular formula is C6H11N2. The number of fused-ring (bicyclic) bond motifs is 3. The van der Waals surface area contributed by atoms with Crippen LogP contribution in [0.15, 0.2) is 0 Å². The van der Waals surface area contributed by atoms with Crippen molar-refractivity contribution in [1.29, 1.82) is 0 Å². The Hall–Kier alpha value is -0.0800. The maximum absolute atomic E-state index is 2.49. The minimum absolute atomic E-state index is 1.19. The minimum atomic E-state index is 1.19. The number of nitrogens with zero attached hydrogens (tertiary/aromatic N) is 2. The molecule has 45 valence electrons. The Morgan fingerprint density at radius 1 is 1.00 bits per heavy atom. The maximum Gasteiger partial charge on any atom is 0.0392 e. The van der Waals surface area contributed by atoms with Gasteiger partial charge in [-0.25, -0.2) is 0 Å². The standard InChI is InChI=1S/C6H11N2/c1-2-8-5-3-7(1)4-6-8/h1H,2-6H2. The average molecular weight is 111 g/mol. The number of hydrogen-bond acceptors (Lipinski definition) is 2. The van der Waals surface area contributed by atoms with Gasteiger partial charge in [-0.15, -0.1) is 0 Å². The highest BCUT2D eigenvalue weighted by atomic mass is 15.3. The molecule has 1 radical (unpaired) electrons. The first-order chi connectivity index (χ1) is 3.95. The lowest BCUT2D eigenvalue weighted by molar-refractivity contribution is 0.0996. The molecule has 3 heterocycles. The first-order valence-electron chi connectivity index (χ1n) is 3.25. The lowest BCUT2D eigenvalue weighted by Crippen LogP contribution is -2.52. The zero-order chi connectivity index (χ0) is 5.40. The van der Waals surface area contributed by atoms with Gasteiger partial charge >= 0.3 is 0 Å². The fourth-order valence-corrected chi connectivity index (χ4v) is 1.36. The summed E-state index contributed by atoms with van der Waals surface area (Å²) in [4.78, 5) is 4.90. The molecular weight excluding hydrogens is 100 g/mol. The molecule has 3 aliphatic heterocycles. The summed E-state index contributed by atoms with van der Waals surface area (Å²) in [6, 6.07) is 0. The molecule has 0 aliphatic carbocycles. The van der Waals surface area contributed by atoms with Crippen LogP contribution in [0.4, 0.5) is 0 Å². The van der Waals surface area contributed by atoms with Crippen LogP contribution < -0.4 is 0 Å². The third-order valence-electron chi connectivity index (χ3n) is 2.00. The van der Waals surface area contributed by atoms with E-state index in [9.17, 15) is 0 Å². The van der Waals surface area contributed by atoms with Crippen molar-refractivity contribution in [1.82, 2.24) is 9.80 Å².